The number of ether oxygens (including phenoxy) is 1. The van der Waals surface area contributed by atoms with Crippen LogP contribution in [0.5, 0.6) is 0 Å². The van der Waals surface area contributed by atoms with Gasteiger partial charge in [-0.15, -0.1) is 0 Å². The highest BCUT2D eigenvalue weighted by atomic mass is 16.5. The highest BCUT2D eigenvalue weighted by Gasteiger charge is 2.26. The zero-order valence-corrected chi connectivity index (χ0v) is 12.1. The molecule has 3 nitrogen and oxygen atoms in total. The van der Waals surface area contributed by atoms with E-state index in [0.717, 1.165) is 44.7 Å². The molecule has 1 aromatic rings. The van der Waals surface area contributed by atoms with Crippen LogP contribution in [0, 0.1) is 0 Å². The summed E-state index contributed by atoms with van der Waals surface area (Å²) in [5.74, 6) is 0.566. The van der Waals surface area contributed by atoms with E-state index in [2.05, 4.69) is 31.3 Å². The van der Waals surface area contributed by atoms with Crippen molar-refractivity contribution in [3.8, 4) is 0 Å². The predicted molar refractivity (Wildman–Crippen MR) is 80.3 cm³/mol. The van der Waals surface area contributed by atoms with Gasteiger partial charge in [0.1, 0.15) is 0 Å². The normalized spacial score (nSPS) is 20.1. The van der Waals surface area contributed by atoms with Crippen molar-refractivity contribution >= 4 is 5.69 Å². The largest absolute Gasteiger partial charge is 0.399 e. The maximum absolute atomic E-state index is 5.72. The first-order valence-corrected chi connectivity index (χ1v) is 7.27. The van der Waals surface area contributed by atoms with Gasteiger partial charge in [-0.2, -0.15) is 0 Å². The Balaban J connectivity index is 1.77. The molecule has 1 fully saturated rings. The fraction of sp³-hybridized carbons (Fsp3) is 0.625. The predicted octanol–water partition coefficient (Wildman–Crippen LogP) is 2.92. The van der Waals surface area contributed by atoms with Crippen LogP contribution in [0.4, 0.5) is 5.69 Å². The van der Waals surface area contributed by atoms with Crippen molar-refractivity contribution in [1.29, 1.82) is 0 Å². The third-order valence-corrected chi connectivity index (χ3v) is 4.23. The molecule has 0 amide bonds. The summed E-state index contributed by atoms with van der Waals surface area (Å²) in [6, 6.07) is 8.24. The summed E-state index contributed by atoms with van der Waals surface area (Å²) in [6.07, 6.45) is 3.38. The fourth-order valence-electron chi connectivity index (χ4n) is 2.58. The number of nitrogens with two attached hydrogens (primary N) is 1. The molecule has 3 N–H and O–H groups in total. The van der Waals surface area contributed by atoms with Crippen LogP contribution in [0.15, 0.2) is 24.3 Å². The first-order valence-electron chi connectivity index (χ1n) is 7.27. The lowest BCUT2D eigenvalue weighted by Gasteiger charge is -2.35. The van der Waals surface area contributed by atoms with Gasteiger partial charge in [0.25, 0.3) is 0 Å². The van der Waals surface area contributed by atoms with Gasteiger partial charge in [-0.05, 0) is 56.3 Å². The molecule has 1 unspecified atom stereocenters. The van der Waals surface area contributed by atoms with Gasteiger partial charge in [0.2, 0.25) is 0 Å². The van der Waals surface area contributed by atoms with Crippen molar-refractivity contribution in [1.82, 2.24) is 5.32 Å². The van der Waals surface area contributed by atoms with Crippen LogP contribution in [0.1, 0.15) is 44.6 Å². The molecule has 0 radical (unpaired) electrons. The minimum absolute atomic E-state index is 0.263. The van der Waals surface area contributed by atoms with E-state index in [1.165, 1.54) is 5.56 Å². The van der Waals surface area contributed by atoms with Gasteiger partial charge in [-0.25, -0.2) is 0 Å². The van der Waals surface area contributed by atoms with E-state index in [9.17, 15) is 0 Å². The summed E-state index contributed by atoms with van der Waals surface area (Å²) in [7, 11) is 0. The summed E-state index contributed by atoms with van der Waals surface area (Å²) >= 11 is 0. The average Bonchev–Trinajstić information content (AvgIpc) is 2.40. The molecule has 3 heteroatoms. The smallest absolute Gasteiger partial charge is 0.0483 e. The second kappa shape index (κ2) is 6.40. The summed E-state index contributed by atoms with van der Waals surface area (Å²) < 4.78 is 5.42. The van der Waals surface area contributed by atoms with E-state index in [0.29, 0.717) is 5.92 Å². The third kappa shape index (κ3) is 4.22. The molecule has 1 aliphatic rings. The Labute approximate surface area is 116 Å². The maximum Gasteiger partial charge on any atom is 0.0483 e. The SMILES string of the molecule is CC(CCNC1(C)CCOCC1)c1ccc(N)cc1. The molecule has 19 heavy (non-hydrogen) atoms. The molecular formula is C16H26N2O. The van der Waals surface area contributed by atoms with Crippen LogP contribution in [0.25, 0.3) is 0 Å². The molecule has 0 aliphatic carbocycles. The Kier molecular flexibility index (Phi) is 4.83. The molecule has 2 rings (SSSR count). The number of nitrogens with one attached hydrogen (secondary N) is 1. The average molecular weight is 262 g/mol. The third-order valence-electron chi connectivity index (χ3n) is 4.23. The van der Waals surface area contributed by atoms with Gasteiger partial charge in [0.15, 0.2) is 0 Å². The summed E-state index contributed by atoms with van der Waals surface area (Å²) in [5, 5.41) is 3.71. The summed E-state index contributed by atoms with van der Waals surface area (Å²) in [5.41, 5.74) is 8.19. The van der Waals surface area contributed by atoms with E-state index in [1.54, 1.807) is 0 Å². The highest BCUT2D eigenvalue weighted by molar-refractivity contribution is 5.40. The number of hydrogen-bond donors (Lipinski definition) is 2. The van der Waals surface area contributed by atoms with E-state index in [1.807, 2.05) is 12.1 Å². The van der Waals surface area contributed by atoms with E-state index < -0.39 is 0 Å². The molecular weight excluding hydrogens is 236 g/mol. The van der Waals surface area contributed by atoms with Crippen molar-refractivity contribution in [2.24, 2.45) is 0 Å². The van der Waals surface area contributed by atoms with Gasteiger partial charge >= 0.3 is 0 Å². The van der Waals surface area contributed by atoms with Crippen LogP contribution >= 0.6 is 0 Å². The highest BCUT2D eigenvalue weighted by Crippen LogP contribution is 2.22. The van der Waals surface area contributed by atoms with Crippen molar-refractivity contribution in [2.75, 3.05) is 25.5 Å². The lowest BCUT2D eigenvalue weighted by Crippen LogP contribution is -2.47. The van der Waals surface area contributed by atoms with Gasteiger partial charge in [0.05, 0.1) is 0 Å². The quantitative estimate of drug-likeness (QED) is 0.802. The van der Waals surface area contributed by atoms with Crippen LogP contribution < -0.4 is 11.1 Å². The Morgan fingerprint density at radius 1 is 1.26 bits per heavy atom. The van der Waals surface area contributed by atoms with Gasteiger partial charge in [-0.1, -0.05) is 19.1 Å². The maximum atomic E-state index is 5.72. The van der Waals surface area contributed by atoms with Crippen molar-refractivity contribution in [3.63, 3.8) is 0 Å². The van der Waals surface area contributed by atoms with Crippen LogP contribution in [-0.4, -0.2) is 25.3 Å². The summed E-state index contributed by atoms with van der Waals surface area (Å²) in [6.45, 7) is 7.42. The standard InChI is InChI=1S/C16H26N2O/c1-13(14-3-5-15(17)6-4-14)7-10-18-16(2)8-11-19-12-9-16/h3-6,13,18H,7-12,17H2,1-2H3. The first kappa shape index (κ1) is 14.4. The molecule has 0 aromatic heterocycles. The topological polar surface area (TPSA) is 47.3 Å². The summed E-state index contributed by atoms with van der Waals surface area (Å²) in [4.78, 5) is 0. The van der Waals surface area contributed by atoms with Crippen LogP contribution in [0.2, 0.25) is 0 Å². The van der Waals surface area contributed by atoms with E-state index in [-0.39, 0.29) is 5.54 Å². The number of rotatable bonds is 5. The number of benzene rings is 1. The van der Waals surface area contributed by atoms with Gasteiger partial charge < -0.3 is 15.8 Å². The molecule has 0 bridgehead atoms. The second-order valence-electron chi connectivity index (χ2n) is 5.96. The lowest BCUT2D eigenvalue weighted by molar-refractivity contribution is 0.0452. The molecule has 1 aliphatic heterocycles. The second-order valence-corrected chi connectivity index (χ2v) is 5.96. The van der Waals surface area contributed by atoms with Crippen molar-refractivity contribution in [3.05, 3.63) is 29.8 Å². The zero-order valence-electron chi connectivity index (χ0n) is 12.1. The van der Waals surface area contributed by atoms with Crippen molar-refractivity contribution < 1.29 is 4.74 Å². The Morgan fingerprint density at radius 2 is 1.89 bits per heavy atom. The number of anilines is 1. The fourth-order valence-corrected chi connectivity index (χ4v) is 2.58. The number of hydrogen-bond acceptors (Lipinski definition) is 3. The van der Waals surface area contributed by atoms with Gasteiger partial charge in [-0.3, -0.25) is 0 Å². The Hall–Kier alpha value is -1.06. The molecule has 106 valence electrons. The van der Waals surface area contributed by atoms with Crippen molar-refractivity contribution in [2.45, 2.75) is 44.6 Å². The molecule has 1 atom stereocenters. The van der Waals surface area contributed by atoms with Crippen LogP contribution in [-0.2, 0) is 4.74 Å². The monoisotopic (exact) mass is 262 g/mol. The molecule has 1 saturated heterocycles. The van der Waals surface area contributed by atoms with E-state index in [4.69, 9.17) is 10.5 Å². The Bertz CT molecular complexity index is 382. The number of nitrogen functional groups attached to an aromatic ring is 1. The minimum Gasteiger partial charge on any atom is -0.399 e. The molecule has 1 aromatic carbocycles. The minimum atomic E-state index is 0.263. The molecule has 0 spiro atoms. The van der Waals surface area contributed by atoms with Gasteiger partial charge in [0, 0.05) is 24.4 Å². The van der Waals surface area contributed by atoms with E-state index >= 15 is 0 Å². The first-order chi connectivity index (χ1) is 9.09. The lowest BCUT2D eigenvalue weighted by atomic mass is 9.91. The molecule has 1 heterocycles. The van der Waals surface area contributed by atoms with Crippen LogP contribution in [0.3, 0.4) is 0 Å². The Morgan fingerprint density at radius 3 is 2.53 bits per heavy atom. The molecule has 0 saturated carbocycles. The zero-order chi connectivity index (χ0) is 13.7.